The van der Waals surface area contributed by atoms with Crippen molar-refractivity contribution >= 4 is 26.7 Å². The molecule has 0 aliphatic rings. The molecule has 0 unspecified atom stereocenters. The molecule has 3 aromatic rings. The fraction of sp³-hybridized carbons (Fsp3) is 0.235. The molecule has 0 saturated heterocycles. The van der Waals surface area contributed by atoms with Gasteiger partial charge in [0.25, 0.3) is 10.0 Å². The van der Waals surface area contributed by atoms with Crippen molar-refractivity contribution in [1.29, 1.82) is 0 Å². The third kappa shape index (κ3) is 2.60. The van der Waals surface area contributed by atoms with Gasteiger partial charge in [0.2, 0.25) is 0 Å². The maximum Gasteiger partial charge on any atom is 0.328 e. The SMILES string of the molecule is CCc1ccccc1NS(=O)(=O)c1ccc2c(c1)n(C)c(=O)n2C. The fourth-order valence-corrected chi connectivity index (χ4v) is 3.91. The zero-order valence-electron chi connectivity index (χ0n) is 13.8. The molecule has 7 heteroatoms. The molecule has 1 aromatic heterocycles. The lowest BCUT2D eigenvalue weighted by molar-refractivity contribution is 0.601. The van der Waals surface area contributed by atoms with Gasteiger partial charge in [-0.25, -0.2) is 13.2 Å². The van der Waals surface area contributed by atoms with Crippen molar-refractivity contribution in [3.63, 3.8) is 0 Å². The number of nitrogens with one attached hydrogen (secondary N) is 1. The number of rotatable bonds is 4. The van der Waals surface area contributed by atoms with E-state index in [9.17, 15) is 13.2 Å². The van der Waals surface area contributed by atoms with Crippen LogP contribution < -0.4 is 10.4 Å². The minimum absolute atomic E-state index is 0.127. The second kappa shape index (κ2) is 5.83. The van der Waals surface area contributed by atoms with Crippen LogP contribution in [0.3, 0.4) is 0 Å². The molecule has 0 aliphatic carbocycles. The Kier molecular flexibility index (Phi) is 3.96. The quantitative estimate of drug-likeness (QED) is 0.788. The van der Waals surface area contributed by atoms with E-state index in [1.807, 2.05) is 19.1 Å². The number of nitrogens with zero attached hydrogens (tertiary/aromatic N) is 2. The lowest BCUT2D eigenvalue weighted by Gasteiger charge is -2.12. The van der Waals surface area contributed by atoms with Crippen LogP contribution in [0, 0.1) is 0 Å². The Bertz CT molecular complexity index is 1080. The number of sulfonamides is 1. The van der Waals surface area contributed by atoms with Crippen molar-refractivity contribution < 1.29 is 8.42 Å². The lowest BCUT2D eigenvalue weighted by Crippen LogP contribution is -2.19. The van der Waals surface area contributed by atoms with E-state index in [0.717, 1.165) is 12.0 Å². The van der Waals surface area contributed by atoms with Crippen LogP contribution in [0.15, 0.2) is 52.2 Å². The zero-order chi connectivity index (χ0) is 17.5. The van der Waals surface area contributed by atoms with Crippen LogP contribution in [0.25, 0.3) is 11.0 Å². The minimum atomic E-state index is -3.73. The number of imidazole rings is 1. The standard InChI is InChI=1S/C17H19N3O3S/c1-4-12-7-5-6-8-14(12)18-24(22,23)13-9-10-15-16(11-13)20(3)17(21)19(15)2/h5-11,18H,4H2,1-3H3. The number of anilines is 1. The first-order valence-electron chi connectivity index (χ1n) is 7.61. The second-order valence-electron chi connectivity index (χ2n) is 5.67. The summed E-state index contributed by atoms with van der Waals surface area (Å²) in [5, 5.41) is 0. The number of hydrogen-bond donors (Lipinski definition) is 1. The zero-order valence-corrected chi connectivity index (χ0v) is 14.6. The maximum absolute atomic E-state index is 12.7. The van der Waals surface area contributed by atoms with Crippen molar-refractivity contribution in [1.82, 2.24) is 9.13 Å². The van der Waals surface area contributed by atoms with Crippen molar-refractivity contribution in [3.05, 3.63) is 58.5 Å². The van der Waals surface area contributed by atoms with Crippen LogP contribution in [0.1, 0.15) is 12.5 Å². The van der Waals surface area contributed by atoms with Crippen molar-refractivity contribution in [2.75, 3.05) is 4.72 Å². The molecule has 0 bridgehead atoms. The summed E-state index contributed by atoms with van der Waals surface area (Å²) in [6.07, 6.45) is 0.727. The van der Waals surface area contributed by atoms with E-state index in [4.69, 9.17) is 0 Å². The van der Waals surface area contributed by atoms with Gasteiger partial charge >= 0.3 is 5.69 Å². The summed E-state index contributed by atoms with van der Waals surface area (Å²) in [6, 6.07) is 12.0. The van der Waals surface area contributed by atoms with Gasteiger partial charge in [-0.1, -0.05) is 25.1 Å². The van der Waals surface area contributed by atoms with E-state index in [2.05, 4.69) is 4.72 Å². The summed E-state index contributed by atoms with van der Waals surface area (Å²) in [5.74, 6) is 0. The molecular weight excluding hydrogens is 326 g/mol. The number of benzene rings is 2. The van der Waals surface area contributed by atoms with Crippen molar-refractivity contribution in [2.45, 2.75) is 18.2 Å². The molecule has 3 rings (SSSR count). The molecule has 0 radical (unpaired) electrons. The highest BCUT2D eigenvalue weighted by molar-refractivity contribution is 7.92. The summed E-state index contributed by atoms with van der Waals surface area (Å²) in [6.45, 7) is 1.97. The average molecular weight is 345 g/mol. The van der Waals surface area contributed by atoms with Gasteiger partial charge in [-0.3, -0.25) is 13.9 Å². The predicted molar refractivity (Wildman–Crippen MR) is 94.8 cm³/mol. The van der Waals surface area contributed by atoms with Gasteiger partial charge in [-0.15, -0.1) is 0 Å². The highest BCUT2D eigenvalue weighted by Crippen LogP contribution is 2.23. The molecule has 0 spiro atoms. The number of hydrogen-bond acceptors (Lipinski definition) is 3. The Morgan fingerprint density at radius 2 is 1.67 bits per heavy atom. The van der Waals surface area contributed by atoms with E-state index < -0.39 is 10.0 Å². The summed E-state index contributed by atoms with van der Waals surface area (Å²) in [7, 11) is -0.445. The Hall–Kier alpha value is -2.54. The smallest absolute Gasteiger partial charge is 0.295 e. The summed E-state index contributed by atoms with van der Waals surface area (Å²) in [5.41, 5.74) is 2.57. The monoisotopic (exact) mass is 345 g/mol. The number of fused-ring (bicyclic) bond motifs is 1. The maximum atomic E-state index is 12.7. The van der Waals surface area contributed by atoms with Crippen LogP contribution in [0.4, 0.5) is 5.69 Å². The van der Waals surface area contributed by atoms with Gasteiger partial charge in [0, 0.05) is 14.1 Å². The van der Waals surface area contributed by atoms with Gasteiger partial charge in [0.05, 0.1) is 21.6 Å². The van der Waals surface area contributed by atoms with Crippen LogP contribution in [-0.4, -0.2) is 17.6 Å². The van der Waals surface area contributed by atoms with Gasteiger partial charge in [-0.2, -0.15) is 0 Å². The second-order valence-corrected chi connectivity index (χ2v) is 7.35. The molecule has 0 aliphatic heterocycles. The Morgan fingerprint density at radius 3 is 2.38 bits per heavy atom. The van der Waals surface area contributed by atoms with E-state index >= 15 is 0 Å². The molecular formula is C17H19N3O3S. The predicted octanol–water partition coefficient (Wildman–Crippen LogP) is 2.24. The molecule has 0 fully saturated rings. The molecule has 24 heavy (non-hydrogen) atoms. The molecule has 0 amide bonds. The Morgan fingerprint density at radius 1 is 1.00 bits per heavy atom. The topological polar surface area (TPSA) is 73.1 Å². The molecule has 2 aromatic carbocycles. The Balaban J connectivity index is 2.09. The van der Waals surface area contributed by atoms with Crippen molar-refractivity contribution in [2.24, 2.45) is 14.1 Å². The summed E-state index contributed by atoms with van der Waals surface area (Å²) in [4.78, 5) is 12.1. The average Bonchev–Trinajstić information content (AvgIpc) is 2.79. The minimum Gasteiger partial charge on any atom is -0.295 e. The first-order chi connectivity index (χ1) is 11.3. The first-order valence-corrected chi connectivity index (χ1v) is 9.09. The normalized spacial score (nSPS) is 11.8. The van der Waals surface area contributed by atoms with Crippen LogP contribution in [-0.2, 0) is 30.5 Å². The molecule has 1 heterocycles. The van der Waals surface area contributed by atoms with Crippen LogP contribution >= 0.6 is 0 Å². The first kappa shape index (κ1) is 16.3. The Labute approximate surface area is 140 Å². The largest absolute Gasteiger partial charge is 0.328 e. The van der Waals surface area contributed by atoms with E-state index in [1.54, 1.807) is 32.3 Å². The van der Waals surface area contributed by atoms with Crippen LogP contribution in [0.2, 0.25) is 0 Å². The third-order valence-electron chi connectivity index (χ3n) is 4.20. The van der Waals surface area contributed by atoms with Crippen molar-refractivity contribution in [3.8, 4) is 0 Å². The van der Waals surface area contributed by atoms with Gasteiger partial charge < -0.3 is 0 Å². The van der Waals surface area contributed by atoms with Gasteiger partial charge in [-0.05, 0) is 36.2 Å². The number of aryl methyl sites for hydroxylation is 3. The summed E-state index contributed by atoms with van der Waals surface area (Å²) >= 11 is 0. The molecule has 1 N–H and O–H groups in total. The fourth-order valence-electron chi connectivity index (χ4n) is 2.79. The molecule has 0 atom stereocenters. The number of para-hydroxylation sites is 1. The van der Waals surface area contributed by atoms with Gasteiger partial charge in [0.1, 0.15) is 0 Å². The molecule has 6 nitrogen and oxygen atoms in total. The van der Waals surface area contributed by atoms with E-state index in [0.29, 0.717) is 16.7 Å². The third-order valence-corrected chi connectivity index (χ3v) is 5.56. The van der Waals surface area contributed by atoms with E-state index in [-0.39, 0.29) is 10.6 Å². The van der Waals surface area contributed by atoms with Gasteiger partial charge in [0.15, 0.2) is 0 Å². The highest BCUT2D eigenvalue weighted by atomic mass is 32.2. The molecule has 126 valence electrons. The number of aromatic nitrogens is 2. The summed E-state index contributed by atoms with van der Waals surface area (Å²) < 4.78 is 31.0. The lowest BCUT2D eigenvalue weighted by atomic mass is 10.1. The highest BCUT2D eigenvalue weighted by Gasteiger charge is 2.18. The molecule has 0 saturated carbocycles. The van der Waals surface area contributed by atoms with E-state index in [1.165, 1.54) is 21.3 Å². The van der Waals surface area contributed by atoms with Crippen LogP contribution in [0.5, 0.6) is 0 Å².